The molecule has 1 atom stereocenters. The molecule has 6 heteroatoms. The van der Waals surface area contributed by atoms with Gasteiger partial charge in [-0.3, -0.25) is 4.79 Å². The first-order valence-corrected chi connectivity index (χ1v) is 6.32. The first-order valence-electron chi connectivity index (χ1n) is 5.94. The van der Waals surface area contributed by atoms with Crippen molar-refractivity contribution < 1.29 is 19.1 Å². The third-order valence-electron chi connectivity index (χ3n) is 3.07. The summed E-state index contributed by atoms with van der Waals surface area (Å²) >= 11 is 5.81. The topological polar surface area (TPSA) is 66.4 Å². The highest BCUT2D eigenvalue weighted by Gasteiger charge is 2.37. The summed E-state index contributed by atoms with van der Waals surface area (Å²) in [5.41, 5.74) is 0.0848. The predicted octanol–water partition coefficient (Wildman–Crippen LogP) is 2.00. The van der Waals surface area contributed by atoms with E-state index in [1.807, 2.05) is 0 Å². The van der Waals surface area contributed by atoms with E-state index >= 15 is 0 Å². The highest BCUT2D eigenvalue weighted by atomic mass is 35.5. The molecular formula is C13H13ClFNO3. The molecule has 1 aliphatic rings. The van der Waals surface area contributed by atoms with Gasteiger partial charge in [-0.1, -0.05) is 17.7 Å². The van der Waals surface area contributed by atoms with Gasteiger partial charge in [0, 0.05) is 10.6 Å². The average Bonchev–Trinajstić information content (AvgIpc) is 3.15. The molecule has 1 unspecified atom stereocenters. The second-order valence-electron chi connectivity index (χ2n) is 4.60. The number of carbonyl (C=O) groups is 2. The number of carboxylic acid groups (broad SMARTS) is 1. The van der Waals surface area contributed by atoms with E-state index in [1.165, 1.54) is 18.2 Å². The summed E-state index contributed by atoms with van der Waals surface area (Å²) in [6.07, 6.45) is 1.32. The second kappa shape index (κ2) is 5.57. The lowest BCUT2D eigenvalue weighted by Gasteiger charge is -2.14. The summed E-state index contributed by atoms with van der Waals surface area (Å²) in [4.78, 5) is 22.8. The molecule has 1 amide bonds. The molecule has 0 saturated heterocycles. The lowest BCUT2D eigenvalue weighted by molar-refractivity contribution is -0.142. The van der Waals surface area contributed by atoms with Gasteiger partial charge in [0.05, 0.1) is 6.42 Å². The quantitative estimate of drug-likeness (QED) is 0.869. The third kappa shape index (κ3) is 3.44. The molecule has 1 aliphatic carbocycles. The van der Waals surface area contributed by atoms with Crippen LogP contribution in [0.4, 0.5) is 4.39 Å². The SMILES string of the molecule is O=C(Cc1c(F)cccc1Cl)NC(C(=O)O)C1CC1. The molecule has 0 heterocycles. The van der Waals surface area contributed by atoms with Crippen LogP contribution in [-0.4, -0.2) is 23.0 Å². The zero-order chi connectivity index (χ0) is 14.0. The maximum absolute atomic E-state index is 13.5. The van der Waals surface area contributed by atoms with Crippen LogP contribution in [-0.2, 0) is 16.0 Å². The van der Waals surface area contributed by atoms with Gasteiger partial charge in [-0.2, -0.15) is 0 Å². The lowest BCUT2D eigenvalue weighted by atomic mass is 10.1. The number of hydrogen-bond donors (Lipinski definition) is 2. The van der Waals surface area contributed by atoms with Gasteiger partial charge in [-0.15, -0.1) is 0 Å². The molecule has 2 rings (SSSR count). The Balaban J connectivity index is 2.02. The number of halogens is 2. The van der Waals surface area contributed by atoms with Crippen LogP contribution in [0.3, 0.4) is 0 Å². The molecule has 2 N–H and O–H groups in total. The normalized spacial score (nSPS) is 15.9. The van der Waals surface area contributed by atoms with E-state index in [1.54, 1.807) is 0 Å². The van der Waals surface area contributed by atoms with Crippen molar-refractivity contribution in [1.82, 2.24) is 5.32 Å². The van der Waals surface area contributed by atoms with Crippen LogP contribution in [0.2, 0.25) is 5.02 Å². The van der Waals surface area contributed by atoms with Gasteiger partial charge >= 0.3 is 5.97 Å². The number of hydrogen-bond acceptors (Lipinski definition) is 2. The Hall–Kier alpha value is -1.62. The summed E-state index contributed by atoms with van der Waals surface area (Å²) in [5, 5.41) is 11.6. The Morgan fingerprint density at radius 1 is 1.47 bits per heavy atom. The maximum Gasteiger partial charge on any atom is 0.326 e. The molecule has 0 bridgehead atoms. The molecule has 0 aromatic heterocycles. The van der Waals surface area contributed by atoms with Crippen molar-refractivity contribution in [1.29, 1.82) is 0 Å². The lowest BCUT2D eigenvalue weighted by Crippen LogP contribution is -2.43. The molecule has 1 aromatic carbocycles. The van der Waals surface area contributed by atoms with E-state index in [-0.39, 0.29) is 22.9 Å². The van der Waals surface area contributed by atoms with Crippen LogP contribution in [0.5, 0.6) is 0 Å². The predicted molar refractivity (Wildman–Crippen MR) is 67.4 cm³/mol. The number of amides is 1. The van der Waals surface area contributed by atoms with Crippen LogP contribution in [0.25, 0.3) is 0 Å². The molecule has 4 nitrogen and oxygen atoms in total. The number of rotatable bonds is 5. The van der Waals surface area contributed by atoms with E-state index in [2.05, 4.69) is 5.32 Å². The Morgan fingerprint density at radius 3 is 2.68 bits per heavy atom. The van der Waals surface area contributed by atoms with Crippen molar-refractivity contribution in [2.45, 2.75) is 25.3 Å². The van der Waals surface area contributed by atoms with Crippen LogP contribution >= 0.6 is 11.6 Å². The summed E-state index contributed by atoms with van der Waals surface area (Å²) in [5.74, 6) is -2.18. The van der Waals surface area contributed by atoms with Crippen LogP contribution in [0, 0.1) is 11.7 Å². The van der Waals surface area contributed by atoms with E-state index in [9.17, 15) is 14.0 Å². The second-order valence-corrected chi connectivity index (χ2v) is 5.01. The Bertz CT molecular complexity index is 496. The fourth-order valence-electron chi connectivity index (χ4n) is 1.90. The number of carbonyl (C=O) groups excluding carboxylic acids is 1. The third-order valence-corrected chi connectivity index (χ3v) is 3.43. The highest BCUT2D eigenvalue weighted by Crippen LogP contribution is 2.32. The van der Waals surface area contributed by atoms with Gasteiger partial charge in [-0.25, -0.2) is 9.18 Å². The van der Waals surface area contributed by atoms with Gasteiger partial charge in [0.1, 0.15) is 11.9 Å². The largest absolute Gasteiger partial charge is 0.480 e. The Kier molecular flexibility index (Phi) is 4.04. The van der Waals surface area contributed by atoms with Crippen molar-refractivity contribution in [2.24, 2.45) is 5.92 Å². The summed E-state index contributed by atoms with van der Waals surface area (Å²) in [6, 6.07) is 3.26. The summed E-state index contributed by atoms with van der Waals surface area (Å²) in [6.45, 7) is 0. The Morgan fingerprint density at radius 2 is 2.16 bits per heavy atom. The first-order chi connectivity index (χ1) is 8.99. The summed E-state index contributed by atoms with van der Waals surface area (Å²) in [7, 11) is 0. The van der Waals surface area contributed by atoms with Crippen LogP contribution in [0.15, 0.2) is 18.2 Å². The maximum atomic E-state index is 13.5. The summed E-state index contributed by atoms with van der Waals surface area (Å²) < 4.78 is 13.5. The fourth-order valence-corrected chi connectivity index (χ4v) is 2.13. The molecule has 0 radical (unpaired) electrons. The fraction of sp³-hybridized carbons (Fsp3) is 0.385. The number of benzene rings is 1. The van der Waals surface area contributed by atoms with Gasteiger partial charge in [0.15, 0.2) is 0 Å². The zero-order valence-corrected chi connectivity index (χ0v) is 10.8. The molecule has 102 valence electrons. The minimum absolute atomic E-state index is 0.0162. The molecule has 1 saturated carbocycles. The van der Waals surface area contributed by atoms with Crippen molar-refractivity contribution in [3.8, 4) is 0 Å². The van der Waals surface area contributed by atoms with Crippen molar-refractivity contribution >= 4 is 23.5 Å². The molecule has 1 fully saturated rings. The van der Waals surface area contributed by atoms with Crippen molar-refractivity contribution in [2.75, 3.05) is 0 Å². The monoisotopic (exact) mass is 285 g/mol. The standard InChI is InChI=1S/C13H13ClFNO3/c14-9-2-1-3-10(15)8(9)6-11(17)16-12(13(18)19)7-4-5-7/h1-3,7,12H,4-6H2,(H,16,17)(H,18,19). The van der Waals surface area contributed by atoms with Crippen molar-refractivity contribution in [3.05, 3.63) is 34.6 Å². The van der Waals surface area contributed by atoms with E-state index in [4.69, 9.17) is 16.7 Å². The zero-order valence-electron chi connectivity index (χ0n) is 10.0. The van der Waals surface area contributed by atoms with Crippen molar-refractivity contribution in [3.63, 3.8) is 0 Å². The van der Waals surface area contributed by atoms with Crippen LogP contribution in [0.1, 0.15) is 18.4 Å². The van der Waals surface area contributed by atoms with Gasteiger partial charge in [-0.05, 0) is 30.9 Å². The minimum atomic E-state index is -1.06. The molecule has 0 spiro atoms. The van der Waals surface area contributed by atoms with Gasteiger partial charge in [0.2, 0.25) is 5.91 Å². The molecule has 1 aromatic rings. The smallest absolute Gasteiger partial charge is 0.326 e. The average molecular weight is 286 g/mol. The number of carboxylic acids is 1. The molecular weight excluding hydrogens is 273 g/mol. The number of nitrogens with one attached hydrogen (secondary N) is 1. The molecule has 19 heavy (non-hydrogen) atoms. The van der Waals surface area contributed by atoms with Gasteiger partial charge < -0.3 is 10.4 Å². The minimum Gasteiger partial charge on any atom is -0.480 e. The van der Waals surface area contributed by atoms with Gasteiger partial charge in [0.25, 0.3) is 0 Å². The van der Waals surface area contributed by atoms with E-state index in [0.29, 0.717) is 0 Å². The highest BCUT2D eigenvalue weighted by molar-refractivity contribution is 6.31. The van der Waals surface area contributed by atoms with Crippen LogP contribution < -0.4 is 5.32 Å². The number of aliphatic carboxylic acids is 1. The van der Waals surface area contributed by atoms with E-state index in [0.717, 1.165) is 12.8 Å². The molecule has 0 aliphatic heterocycles. The Labute approximate surface area is 114 Å². The first kappa shape index (κ1) is 13.8. The van der Waals surface area contributed by atoms with E-state index < -0.39 is 23.7 Å².